The van der Waals surface area contributed by atoms with E-state index in [4.69, 9.17) is 0 Å². The van der Waals surface area contributed by atoms with Crippen LogP contribution in [0.15, 0.2) is 115 Å². The van der Waals surface area contributed by atoms with Crippen molar-refractivity contribution in [3.8, 4) is 0 Å². The Bertz CT molecular complexity index is 1710. The molecule has 1 saturated carbocycles. The maximum atomic E-state index is 2.56. The van der Waals surface area contributed by atoms with Gasteiger partial charge in [0.1, 0.15) is 0 Å². The third-order valence-corrected chi connectivity index (χ3v) is 9.33. The van der Waals surface area contributed by atoms with E-state index in [9.17, 15) is 0 Å². The molecule has 40 heavy (non-hydrogen) atoms. The largest absolute Gasteiger partial charge is 0.311 e. The van der Waals surface area contributed by atoms with Crippen LogP contribution in [0.5, 0.6) is 0 Å². The summed E-state index contributed by atoms with van der Waals surface area (Å²) < 4.78 is 0. The van der Waals surface area contributed by atoms with Crippen LogP contribution in [0.3, 0.4) is 0 Å². The van der Waals surface area contributed by atoms with Crippen LogP contribution >= 0.6 is 0 Å². The van der Waals surface area contributed by atoms with Gasteiger partial charge in [-0.1, -0.05) is 92.1 Å². The van der Waals surface area contributed by atoms with Crippen molar-refractivity contribution >= 4 is 57.2 Å². The molecule has 0 radical (unpaired) electrons. The maximum absolute atomic E-state index is 2.56. The van der Waals surface area contributed by atoms with Crippen LogP contribution < -0.4 is 26.2 Å². The molecule has 1 aliphatic carbocycles. The monoisotopic (exact) mass is 516 g/mol. The molecule has 0 spiro atoms. The van der Waals surface area contributed by atoms with Gasteiger partial charge in [-0.2, -0.15) is 0 Å². The number of nitrogens with zero attached hydrogens (tertiary/aromatic N) is 2. The minimum Gasteiger partial charge on any atom is -0.311 e. The third kappa shape index (κ3) is 3.57. The van der Waals surface area contributed by atoms with Crippen LogP contribution in [0.25, 0.3) is 0 Å². The van der Waals surface area contributed by atoms with Crippen molar-refractivity contribution in [2.24, 2.45) is 0 Å². The fourth-order valence-electron chi connectivity index (χ4n) is 7.57. The number of hydrogen-bond donors (Lipinski definition) is 0. The molecule has 0 N–H and O–H groups in total. The van der Waals surface area contributed by atoms with Gasteiger partial charge >= 0.3 is 0 Å². The van der Waals surface area contributed by atoms with Crippen molar-refractivity contribution in [3.05, 3.63) is 126 Å². The Balaban J connectivity index is 1.49. The van der Waals surface area contributed by atoms with Gasteiger partial charge in [-0.3, -0.25) is 0 Å². The molecule has 3 aliphatic rings. The molecule has 194 valence electrons. The molecule has 0 saturated heterocycles. The van der Waals surface area contributed by atoms with Crippen molar-refractivity contribution in [2.45, 2.75) is 44.9 Å². The van der Waals surface area contributed by atoms with Gasteiger partial charge < -0.3 is 9.80 Å². The Morgan fingerprint density at radius 2 is 1.18 bits per heavy atom. The molecule has 0 atom stereocenters. The lowest BCUT2D eigenvalue weighted by Gasteiger charge is -2.45. The highest BCUT2D eigenvalue weighted by molar-refractivity contribution is 7.00. The SMILES string of the molecule is Cc1cccc2c1N(c1ccccc1)c1cc(C3CCCCC3)cc3c1B2c1ccccc1N3c1ccccc1. The van der Waals surface area contributed by atoms with Gasteiger partial charge in [0.2, 0.25) is 0 Å². The number of fused-ring (bicyclic) bond motifs is 4. The maximum Gasteiger partial charge on any atom is 0.252 e. The second kappa shape index (κ2) is 9.45. The van der Waals surface area contributed by atoms with E-state index in [1.54, 1.807) is 0 Å². The predicted molar refractivity (Wildman–Crippen MR) is 171 cm³/mol. The summed E-state index contributed by atoms with van der Waals surface area (Å²) in [6.45, 7) is 2.47. The van der Waals surface area contributed by atoms with Crippen molar-refractivity contribution in [3.63, 3.8) is 0 Å². The lowest BCUT2D eigenvalue weighted by atomic mass is 9.33. The number of para-hydroxylation sites is 4. The smallest absolute Gasteiger partial charge is 0.252 e. The van der Waals surface area contributed by atoms with Crippen LogP contribution in [0.2, 0.25) is 0 Å². The van der Waals surface area contributed by atoms with Gasteiger partial charge in [0.15, 0.2) is 0 Å². The van der Waals surface area contributed by atoms with Crippen molar-refractivity contribution in [1.82, 2.24) is 0 Å². The highest BCUT2D eigenvalue weighted by Crippen LogP contribution is 2.47. The molecule has 2 nitrogen and oxygen atoms in total. The van der Waals surface area contributed by atoms with Gasteiger partial charge in [-0.25, -0.2) is 0 Å². The van der Waals surface area contributed by atoms with Crippen LogP contribution in [0.1, 0.15) is 49.1 Å². The first-order valence-electron chi connectivity index (χ1n) is 14.9. The van der Waals surface area contributed by atoms with E-state index in [-0.39, 0.29) is 6.71 Å². The normalized spacial score (nSPS) is 15.9. The zero-order valence-electron chi connectivity index (χ0n) is 23.1. The molecule has 0 aromatic heterocycles. The van der Waals surface area contributed by atoms with Gasteiger partial charge in [0, 0.05) is 34.1 Å². The Kier molecular flexibility index (Phi) is 5.58. The number of benzene rings is 5. The number of rotatable bonds is 3. The van der Waals surface area contributed by atoms with Crippen LogP contribution in [-0.4, -0.2) is 6.71 Å². The summed E-state index contributed by atoms with van der Waals surface area (Å²) in [6, 6.07) is 43.0. The summed E-state index contributed by atoms with van der Waals surface area (Å²) in [6.07, 6.45) is 6.59. The van der Waals surface area contributed by atoms with Gasteiger partial charge in [-0.15, -0.1) is 0 Å². The number of hydrogen-bond acceptors (Lipinski definition) is 2. The first-order valence-corrected chi connectivity index (χ1v) is 14.9. The molecule has 0 bridgehead atoms. The van der Waals surface area contributed by atoms with E-state index in [1.807, 2.05) is 0 Å². The molecule has 5 aromatic carbocycles. The second-order valence-electron chi connectivity index (χ2n) is 11.7. The average molecular weight is 516 g/mol. The standard InChI is InChI=1S/C37H33BN2/c1-26-14-13-22-32-37(26)40(30-19-9-4-10-20-30)35-25-28(27-15-5-2-6-16-27)24-34-36(35)38(32)31-21-11-12-23-33(31)39(34)29-17-7-3-8-18-29/h3-4,7-14,17-25,27H,2,5-6,15-16H2,1H3. The van der Waals surface area contributed by atoms with E-state index in [2.05, 4.69) is 132 Å². The van der Waals surface area contributed by atoms with Gasteiger partial charge in [0.25, 0.3) is 6.71 Å². The van der Waals surface area contributed by atoms with Crippen molar-refractivity contribution in [1.29, 1.82) is 0 Å². The topological polar surface area (TPSA) is 6.48 Å². The third-order valence-electron chi connectivity index (χ3n) is 9.33. The summed E-state index contributed by atoms with van der Waals surface area (Å²) in [7, 11) is 0. The minimum atomic E-state index is 0.191. The molecule has 8 rings (SSSR count). The van der Waals surface area contributed by atoms with Crippen LogP contribution in [0, 0.1) is 6.92 Å². The zero-order valence-corrected chi connectivity index (χ0v) is 23.1. The second-order valence-corrected chi connectivity index (χ2v) is 11.7. The predicted octanol–water partition coefficient (Wildman–Crippen LogP) is 8.13. The molecule has 2 aliphatic heterocycles. The van der Waals surface area contributed by atoms with Gasteiger partial charge in [-0.05, 0) is 95.7 Å². The van der Waals surface area contributed by atoms with Gasteiger partial charge in [0.05, 0.1) is 0 Å². The molecule has 0 amide bonds. The first kappa shape index (κ1) is 23.6. The van der Waals surface area contributed by atoms with E-state index >= 15 is 0 Å². The summed E-state index contributed by atoms with van der Waals surface area (Å²) >= 11 is 0. The number of anilines is 6. The molecule has 3 heteroatoms. The molecular formula is C37H33BN2. The molecule has 2 heterocycles. The highest BCUT2D eigenvalue weighted by atomic mass is 15.2. The van der Waals surface area contributed by atoms with E-state index in [1.165, 1.54) is 93.7 Å². The highest BCUT2D eigenvalue weighted by Gasteiger charge is 2.44. The average Bonchev–Trinajstić information content (AvgIpc) is 3.02. The zero-order chi connectivity index (χ0) is 26.6. The first-order chi connectivity index (χ1) is 19.8. The van der Waals surface area contributed by atoms with E-state index < -0.39 is 0 Å². The Hall–Kier alpha value is -4.24. The van der Waals surface area contributed by atoms with E-state index in [0.29, 0.717) is 5.92 Å². The fourth-order valence-corrected chi connectivity index (χ4v) is 7.57. The Morgan fingerprint density at radius 1 is 0.575 bits per heavy atom. The van der Waals surface area contributed by atoms with Crippen LogP contribution in [0.4, 0.5) is 34.1 Å². The molecule has 0 unspecified atom stereocenters. The fraction of sp³-hybridized carbons (Fsp3) is 0.189. The summed E-state index contributed by atoms with van der Waals surface area (Å²) in [5, 5.41) is 0. The Morgan fingerprint density at radius 3 is 1.90 bits per heavy atom. The van der Waals surface area contributed by atoms with E-state index in [0.717, 1.165) is 0 Å². The van der Waals surface area contributed by atoms with Crippen LogP contribution in [-0.2, 0) is 0 Å². The summed E-state index contributed by atoms with van der Waals surface area (Å²) in [5.41, 5.74) is 14.7. The lowest BCUT2D eigenvalue weighted by molar-refractivity contribution is 0.444. The molecule has 1 fully saturated rings. The Labute approximate surface area is 238 Å². The lowest BCUT2D eigenvalue weighted by Crippen LogP contribution is -2.61. The summed E-state index contributed by atoms with van der Waals surface area (Å²) in [4.78, 5) is 5.09. The minimum absolute atomic E-state index is 0.191. The summed E-state index contributed by atoms with van der Waals surface area (Å²) in [5.74, 6) is 0.611. The van der Waals surface area contributed by atoms with Crippen molar-refractivity contribution in [2.75, 3.05) is 9.80 Å². The molecular weight excluding hydrogens is 483 g/mol. The quantitative estimate of drug-likeness (QED) is 0.219. The molecule has 5 aromatic rings. The van der Waals surface area contributed by atoms with Crippen molar-refractivity contribution < 1.29 is 0 Å². The number of aryl methyl sites for hydroxylation is 1.